The number of nitrogens with two attached hydrogens (primary N) is 1. The second kappa shape index (κ2) is 3.69. The van der Waals surface area contributed by atoms with E-state index in [9.17, 15) is 17.6 Å². The zero-order valence-electron chi connectivity index (χ0n) is 6.90. The smallest absolute Gasteiger partial charge is 0.397 e. The van der Waals surface area contributed by atoms with Gasteiger partial charge in [0.2, 0.25) is 0 Å². The normalized spacial score (nSPS) is 11.4. The average Bonchev–Trinajstić information content (AvgIpc) is 2.00. The summed E-state index contributed by atoms with van der Waals surface area (Å²) in [5.41, 5.74) is 5.21. The van der Waals surface area contributed by atoms with Gasteiger partial charge in [0.25, 0.3) is 0 Å². The van der Waals surface area contributed by atoms with Crippen molar-refractivity contribution in [2.45, 2.75) is 6.18 Å². The largest absolute Gasteiger partial charge is 0.405 e. The van der Waals surface area contributed by atoms with E-state index in [0.717, 1.165) is 12.3 Å². The third kappa shape index (κ3) is 3.08. The molecule has 7 heteroatoms. The summed E-state index contributed by atoms with van der Waals surface area (Å²) in [6, 6.07) is 0.895. The summed E-state index contributed by atoms with van der Waals surface area (Å²) in [4.78, 5) is 3.37. The number of nitrogens with zero attached hydrogens (tertiary/aromatic N) is 1. The molecule has 0 aliphatic heterocycles. The van der Waals surface area contributed by atoms with Crippen LogP contribution in [0.25, 0.3) is 0 Å². The Bertz CT molecular complexity index is 323. The summed E-state index contributed by atoms with van der Waals surface area (Å²) in [5, 5.41) is 1.81. The maximum Gasteiger partial charge on any atom is 0.405 e. The molecule has 0 saturated heterocycles. The minimum Gasteiger partial charge on any atom is -0.397 e. The second-order valence-electron chi connectivity index (χ2n) is 2.57. The van der Waals surface area contributed by atoms with Crippen LogP contribution in [-0.4, -0.2) is 17.7 Å². The molecule has 1 aromatic rings. The molecule has 0 atom stereocenters. The molecule has 3 N–H and O–H groups in total. The van der Waals surface area contributed by atoms with Crippen molar-refractivity contribution in [2.75, 3.05) is 17.6 Å². The fourth-order valence-corrected chi connectivity index (χ4v) is 0.767. The van der Waals surface area contributed by atoms with Gasteiger partial charge >= 0.3 is 6.18 Å². The van der Waals surface area contributed by atoms with Crippen LogP contribution in [-0.2, 0) is 0 Å². The first-order valence-corrected chi connectivity index (χ1v) is 3.60. The average molecular weight is 209 g/mol. The molecule has 0 saturated carbocycles. The van der Waals surface area contributed by atoms with Crippen molar-refractivity contribution in [1.82, 2.24) is 4.98 Å². The zero-order valence-corrected chi connectivity index (χ0v) is 6.90. The minimum absolute atomic E-state index is 0.0556. The summed E-state index contributed by atoms with van der Waals surface area (Å²) in [6.07, 6.45) is -3.34. The van der Waals surface area contributed by atoms with Crippen molar-refractivity contribution >= 4 is 11.5 Å². The number of nitrogens with one attached hydrogen (secondary N) is 1. The minimum atomic E-state index is -4.41. The van der Waals surface area contributed by atoms with Gasteiger partial charge in [-0.25, -0.2) is 9.37 Å². The van der Waals surface area contributed by atoms with Crippen molar-refractivity contribution < 1.29 is 17.6 Å². The maximum atomic E-state index is 12.9. The number of alkyl halides is 3. The van der Waals surface area contributed by atoms with Gasteiger partial charge in [0.1, 0.15) is 6.54 Å². The van der Waals surface area contributed by atoms with Crippen molar-refractivity contribution in [1.29, 1.82) is 0 Å². The summed E-state index contributed by atoms with van der Waals surface area (Å²) >= 11 is 0. The van der Waals surface area contributed by atoms with Gasteiger partial charge in [-0.3, -0.25) is 0 Å². The number of hydrogen-bond donors (Lipinski definition) is 2. The molecule has 14 heavy (non-hydrogen) atoms. The SMILES string of the molecule is Nc1cnc(NCC(F)(F)F)c(F)c1. The van der Waals surface area contributed by atoms with Crippen molar-refractivity contribution in [2.24, 2.45) is 0 Å². The summed E-state index contributed by atoms with van der Waals surface area (Å²) in [7, 11) is 0. The third-order valence-corrected chi connectivity index (χ3v) is 1.32. The first-order chi connectivity index (χ1) is 6.38. The first kappa shape index (κ1) is 10.6. The highest BCUT2D eigenvalue weighted by Crippen LogP contribution is 2.18. The fraction of sp³-hybridized carbons (Fsp3) is 0.286. The van der Waals surface area contributed by atoms with Crippen LogP contribution in [0.1, 0.15) is 0 Å². The van der Waals surface area contributed by atoms with E-state index in [4.69, 9.17) is 5.73 Å². The van der Waals surface area contributed by atoms with Crippen molar-refractivity contribution in [3.05, 3.63) is 18.1 Å². The van der Waals surface area contributed by atoms with E-state index in [1.165, 1.54) is 0 Å². The van der Waals surface area contributed by atoms with Crippen molar-refractivity contribution in [3.8, 4) is 0 Å². The lowest BCUT2D eigenvalue weighted by atomic mass is 10.4. The zero-order chi connectivity index (χ0) is 10.8. The predicted octanol–water partition coefficient (Wildman–Crippen LogP) is 1.78. The Hall–Kier alpha value is -1.53. The molecule has 0 aromatic carbocycles. The number of halogens is 4. The Morgan fingerprint density at radius 2 is 2.07 bits per heavy atom. The Kier molecular flexibility index (Phi) is 2.78. The molecule has 3 nitrogen and oxygen atoms in total. The van der Waals surface area contributed by atoms with Gasteiger partial charge in [-0.2, -0.15) is 13.2 Å². The highest BCUT2D eigenvalue weighted by Gasteiger charge is 2.27. The summed E-state index contributed by atoms with van der Waals surface area (Å²) < 4.78 is 48.0. The Labute approximate surface area is 76.9 Å². The van der Waals surface area contributed by atoms with Crippen LogP contribution in [0, 0.1) is 5.82 Å². The van der Waals surface area contributed by atoms with Crippen LogP contribution in [0.5, 0.6) is 0 Å². The van der Waals surface area contributed by atoms with E-state index in [2.05, 4.69) is 4.98 Å². The molecule has 1 heterocycles. The molecule has 1 aromatic heterocycles. The van der Waals surface area contributed by atoms with Crippen LogP contribution in [0.3, 0.4) is 0 Å². The van der Waals surface area contributed by atoms with E-state index in [-0.39, 0.29) is 5.69 Å². The van der Waals surface area contributed by atoms with Gasteiger partial charge in [-0.1, -0.05) is 0 Å². The van der Waals surface area contributed by atoms with E-state index in [1.54, 1.807) is 0 Å². The van der Waals surface area contributed by atoms with E-state index >= 15 is 0 Å². The Balaban J connectivity index is 2.68. The standard InChI is InChI=1S/C7H7F4N3/c8-5-1-4(12)2-13-6(5)14-3-7(9,10)11/h1-2H,3,12H2,(H,13,14). The van der Waals surface area contributed by atoms with Gasteiger partial charge in [0, 0.05) is 6.07 Å². The Morgan fingerprint density at radius 1 is 1.43 bits per heavy atom. The fourth-order valence-electron chi connectivity index (χ4n) is 0.767. The van der Waals surface area contributed by atoms with Crippen LogP contribution in [0.15, 0.2) is 12.3 Å². The number of aromatic nitrogens is 1. The van der Waals surface area contributed by atoms with Crippen LogP contribution in [0.4, 0.5) is 29.1 Å². The van der Waals surface area contributed by atoms with E-state index in [1.807, 2.05) is 5.32 Å². The molecule has 0 amide bonds. The third-order valence-electron chi connectivity index (χ3n) is 1.32. The number of rotatable bonds is 2. The molecule has 1 rings (SSSR count). The second-order valence-corrected chi connectivity index (χ2v) is 2.57. The molecule has 0 unspecified atom stereocenters. The highest BCUT2D eigenvalue weighted by molar-refractivity contribution is 5.45. The van der Waals surface area contributed by atoms with E-state index in [0.29, 0.717) is 0 Å². The van der Waals surface area contributed by atoms with Gasteiger partial charge < -0.3 is 11.1 Å². The molecular weight excluding hydrogens is 202 g/mol. The lowest BCUT2D eigenvalue weighted by Gasteiger charge is -2.09. The molecule has 0 radical (unpaired) electrons. The molecule has 0 fully saturated rings. The lowest BCUT2D eigenvalue weighted by Crippen LogP contribution is -2.22. The van der Waals surface area contributed by atoms with Gasteiger partial charge in [-0.05, 0) is 0 Å². The molecule has 78 valence electrons. The van der Waals surface area contributed by atoms with Crippen LogP contribution >= 0.6 is 0 Å². The lowest BCUT2D eigenvalue weighted by molar-refractivity contribution is -0.115. The molecule has 0 aliphatic carbocycles. The Morgan fingerprint density at radius 3 is 2.57 bits per heavy atom. The van der Waals surface area contributed by atoms with Crippen LogP contribution < -0.4 is 11.1 Å². The van der Waals surface area contributed by atoms with Gasteiger partial charge in [0.05, 0.1) is 11.9 Å². The van der Waals surface area contributed by atoms with Crippen molar-refractivity contribution in [3.63, 3.8) is 0 Å². The van der Waals surface area contributed by atoms with Crippen LogP contribution in [0.2, 0.25) is 0 Å². The van der Waals surface area contributed by atoms with Gasteiger partial charge in [-0.15, -0.1) is 0 Å². The number of hydrogen-bond acceptors (Lipinski definition) is 3. The predicted molar refractivity (Wildman–Crippen MR) is 43.2 cm³/mol. The molecular formula is C7H7F4N3. The molecule has 0 bridgehead atoms. The summed E-state index contributed by atoms with van der Waals surface area (Å²) in [5.74, 6) is -1.37. The quantitative estimate of drug-likeness (QED) is 0.730. The van der Waals surface area contributed by atoms with Gasteiger partial charge in [0.15, 0.2) is 11.6 Å². The molecule has 0 spiro atoms. The number of anilines is 2. The van der Waals surface area contributed by atoms with E-state index < -0.39 is 24.4 Å². The summed E-state index contributed by atoms with van der Waals surface area (Å²) in [6.45, 7) is -1.33. The monoisotopic (exact) mass is 209 g/mol. The number of nitrogen functional groups attached to an aromatic ring is 1. The topological polar surface area (TPSA) is 50.9 Å². The first-order valence-electron chi connectivity index (χ1n) is 3.60. The highest BCUT2D eigenvalue weighted by atomic mass is 19.4. The number of pyridine rings is 1. The maximum absolute atomic E-state index is 12.9. The molecule has 0 aliphatic rings.